The first-order chi connectivity index (χ1) is 30.4. The van der Waals surface area contributed by atoms with Crippen molar-refractivity contribution in [2.24, 2.45) is 35.5 Å². The van der Waals surface area contributed by atoms with Crippen LogP contribution in [0.4, 0.5) is 0 Å². The molecular formula is C55H100N4O8. The largest absolute Gasteiger partial charge is 0.462 e. The Morgan fingerprint density at radius 3 is 0.985 bits per heavy atom. The molecule has 9 unspecified atom stereocenters. The van der Waals surface area contributed by atoms with Crippen LogP contribution in [-0.4, -0.2) is 92.6 Å². The van der Waals surface area contributed by atoms with Gasteiger partial charge in [-0.3, -0.25) is 19.2 Å². The lowest BCUT2D eigenvalue weighted by Gasteiger charge is -2.50. The normalized spacial score (nSPS) is 34.6. The van der Waals surface area contributed by atoms with E-state index < -0.39 is 48.1 Å². The fourth-order valence-corrected chi connectivity index (χ4v) is 12.4. The molecule has 4 heterocycles. The Hall–Kier alpha value is -2.28. The van der Waals surface area contributed by atoms with Gasteiger partial charge in [-0.05, 0) is 120 Å². The molecule has 0 aromatic rings. The molecule has 0 aliphatic carbocycles. The summed E-state index contributed by atoms with van der Waals surface area (Å²) in [7, 11) is 0. The summed E-state index contributed by atoms with van der Waals surface area (Å²) in [5.41, 5.74) is -2.29. The van der Waals surface area contributed by atoms with E-state index in [9.17, 15) is 4.79 Å². The highest BCUT2D eigenvalue weighted by Crippen LogP contribution is 2.41. The zero-order valence-electron chi connectivity index (χ0n) is 46.2. The molecule has 12 nitrogen and oxygen atoms in total. The summed E-state index contributed by atoms with van der Waals surface area (Å²) < 4.78 is 25.6. The van der Waals surface area contributed by atoms with Gasteiger partial charge in [0.25, 0.3) is 0 Å². The van der Waals surface area contributed by atoms with E-state index in [-0.39, 0.29) is 87.0 Å². The number of hydrogen-bond acceptors (Lipinski definition) is 12. The lowest BCUT2D eigenvalue weighted by atomic mass is 9.74. The number of nitrogens with one attached hydrogen (secondary N) is 4. The molecule has 4 N–H and O–H groups in total. The first-order valence-corrected chi connectivity index (χ1v) is 26.4. The Morgan fingerprint density at radius 2 is 0.687 bits per heavy atom. The highest BCUT2D eigenvalue weighted by Gasteiger charge is 2.51. The number of rotatable bonds is 18. The minimum atomic E-state index is -1.53. The van der Waals surface area contributed by atoms with Gasteiger partial charge in [0.2, 0.25) is 0 Å². The van der Waals surface area contributed by atoms with Crippen molar-refractivity contribution in [1.82, 2.24) is 21.3 Å². The highest BCUT2D eigenvalue weighted by molar-refractivity contribution is 5.99. The van der Waals surface area contributed by atoms with E-state index in [1.807, 2.05) is 0 Å². The van der Waals surface area contributed by atoms with Crippen LogP contribution in [0, 0.1) is 35.5 Å². The first-order valence-electron chi connectivity index (χ1n) is 26.4. The molecule has 67 heavy (non-hydrogen) atoms. The Labute approximate surface area is 408 Å². The van der Waals surface area contributed by atoms with Gasteiger partial charge in [0.05, 0.1) is 5.92 Å². The number of ether oxygens (including phenoxy) is 4. The van der Waals surface area contributed by atoms with E-state index in [1.54, 1.807) is 0 Å². The van der Waals surface area contributed by atoms with Gasteiger partial charge >= 0.3 is 23.9 Å². The van der Waals surface area contributed by atoms with Crippen LogP contribution in [-0.2, 0) is 38.1 Å². The number of esters is 4. The predicted molar refractivity (Wildman–Crippen MR) is 268 cm³/mol. The van der Waals surface area contributed by atoms with Crippen molar-refractivity contribution >= 4 is 23.9 Å². The molecule has 0 spiro atoms. The topological polar surface area (TPSA) is 153 Å². The third kappa shape index (κ3) is 15.4. The minimum Gasteiger partial charge on any atom is -0.462 e. The molecule has 4 rings (SSSR count). The quantitative estimate of drug-likeness (QED) is 0.0448. The summed E-state index contributed by atoms with van der Waals surface area (Å²) in [4.78, 5) is 58.5. The lowest BCUT2D eigenvalue weighted by molar-refractivity contribution is -0.183. The Balaban J connectivity index is 1.65. The van der Waals surface area contributed by atoms with Crippen molar-refractivity contribution < 1.29 is 38.1 Å². The van der Waals surface area contributed by atoms with Crippen LogP contribution >= 0.6 is 0 Å². The van der Waals surface area contributed by atoms with Crippen molar-refractivity contribution in [2.45, 2.75) is 291 Å². The molecular weight excluding hydrogens is 845 g/mol. The second kappa shape index (κ2) is 21.2. The zero-order valence-corrected chi connectivity index (χ0v) is 46.2. The molecule has 4 aliphatic rings. The number of carbonyl (C=O) groups is 4. The maximum Gasteiger partial charge on any atom is 0.321 e. The smallest absolute Gasteiger partial charge is 0.321 e. The fraction of sp³-hybridized carbons (Fsp3) is 0.927. The number of unbranched alkanes of at least 4 members (excludes halogenated alkanes) is 2. The fourth-order valence-electron chi connectivity index (χ4n) is 12.4. The summed E-state index contributed by atoms with van der Waals surface area (Å²) in [6, 6.07) is 0. The van der Waals surface area contributed by atoms with Crippen molar-refractivity contribution in [3.63, 3.8) is 0 Å². The SMILES string of the molecule is CC(C)C1(C)CC(OC(=O)CCCCCC(C(=O)OC2CC(C)(C)NC(C)(C(C)C)C2)C(C(=O)OC2CC(C)(C)NC(C)(C(C)C)C2)C(=O)OC2CC(C)(C)NC(C)(C(C)C)C2)CC(C)(C)N1. The molecule has 0 radical (unpaired) electrons. The average Bonchev–Trinajstić information content (AvgIpc) is 3.10. The van der Waals surface area contributed by atoms with Crippen molar-refractivity contribution in [3.8, 4) is 0 Å². The number of piperidine rings is 4. The third-order valence-electron chi connectivity index (χ3n) is 16.9. The van der Waals surface area contributed by atoms with Gasteiger partial charge < -0.3 is 40.2 Å². The molecule has 388 valence electrons. The van der Waals surface area contributed by atoms with Crippen molar-refractivity contribution in [2.75, 3.05) is 0 Å². The summed E-state index contributed by atoms with van der Waals surface area (Å²) in [6.07, 6.45) is 5.32. The molecule has 0 bridgehead atoms. The molecule has 4 fully saturated rings. The lowest BCUT2D eigenvalue weighted by Crippen LogP contribution is -2.64. The standard InChI is InChI=1S/C55H100N4O8/c1-34(2)52(17)30-38(26-48(9,10)56-52)64-43(60)25-23-21-22-24-42(45(61)65-39-27-49(11,12)57-53(18,31-39)35(3)4)44(46(62)66-40-28-50(13,14)58-54(19,32-40)36(5)6)47(63)67-41-29-51(15,16)59-55(20,33-41)37(7)8/h34-42,44,56-59H,21-33H2,1-20H3. The average molecular weight is 945 g/mol. The van der Waals surface area contributed by atoms with Crippen LogP contribution < -0.4 is 21.3 Å². The summed E-state index contributed by atoms with van der Waals surface area (Å²) in [5.74, 6) is -3.86. The van der Waals surface area contributed by atoms with Crippen LogP contribution in [0.1, 0.15) is 222 Å². The maximum atomic E-state index is 15.0. The van der Waals surface area contributed by atoms with Gasteiger partial charge in [-0.1, -0.05) is 68.2 Å². The van der Waals surface area contributed by atoms with E-state index in [0.717, 1.165) is 12.8 Å². The summed E-state index contributed by atoms with van der Waals surface area (Å²) in [6.45, 7) is 43.1. The molecule has 0 amide bonds. The van der Waals surface area contributed by atoms with E-state index in [2.05, 4.69) is 160 Å². The number of hydrogen-bond donors (Lipinski definition) is 4. The summed E-state index contributed by atoms with van der Waals surface area (Å²) in [5, 5.41) is 15.2. The van der Waals surface area contributed by atoms with Gasteiger partial charge in [0.1, 0.15) is 24.4 Å². The molecule has 4 saturated heterocycles. The molecule has 12 heteroatoms. The van der Waals surface area contributed by atoms with E-state index in [0.29, 0.717) is 63.7 Å². The second-order valence-corrected chi connectivity index (χ2v) is 26.9. The number of carbonyl (C=O) groups excluding carboxylic acids is 4. The third-order valence-corrected chi connectivity index (χ3v) is 16.9. The van der Waals surface area contributed by atoms with Gasteiger partial charge in [0.15, 0.2) is 5.92 Å². The molecule has 4 aliphatic heterocycles. The van der Waals surface area contributed by atoms with E-state index in [4.69, 9.17) is 18.9 Å². The van der Waals surface area contributed by atoms with Crippen LogP contribution in [0.3, 0.4) is 0 Å². The zero-order chi connectivity index (χ0) is 50.9. The van der Waals surface area contributed by atoms with E-state index in [1.165, 1.54) is 0 Å². The van der Waals surface area contributed by atoms with Crippen LogP contribution in [0.5, 0.6) is 0 Å². The van der Waals surface area contributed by atoms with E-state index >= 15 is 14.4 Å². The van der Waals surface area contributed by atoms with Crippen LogP contribution in [0.15, 0.2) is 0 Å². The predicted octanol–water partition coefficient (Wildman–Crippen LogP) is 10.1. The van der Waals surface area contributed by atoms with Crippen LogP contribution in [0.25, 0.3) is 0 Å². The molecule has 0 aromatic carbocycles. The van der Waals surface area contributed by atoms with Gasteiger partial charge in [0, 0.05) is 102 Å². The van der Waals surface area contributed by atoms with Gasteiger partial charge in [-0.15, -0.1) is 0 Å². The highest BCUT2D eigenvalue weighted by atomic mass is 16.6. The first kappa shape index (κ1) is 57.3. The Morgan fingerprint density at radius 1 is 0.403 bits per heavy atom. The second-order valence-electron chi connectivity index (χ2n) is 26.9. The van der Waals surface area contributed by atoms with Crippen molar-refractivity contribution in [1.29, 1.82) is 0 Å². The Bertz CT molecular complexity index is 1670. The molecule has 0 saturated carbocycles. The van der Waals surface area contributed by atoms with Gasteiger partial charge in [-0.25, -0.2) is 0 Å². The maximum absolute atomic E-state index is 15.0. The summed E-state index contributed by atoms with van der Waals surface area (Å²) >= 11 is 0. The van der Waals surface area contributed by atoms with Crippen molar-refractivity contribution in [3.05, 3.63) is 0 Å². The Kier molecular flexibility index (Phi) is 18.1. The monoisotopic (exact) mass is 945 g/mol. The molecule has 0 aromatic heterocycles. The van der Waals surface area contributed by atoms with Gasteiger partial charge in [-0.2, -0.15) is 0 Å². The molecule has 9 atom stereocenters. The minimum absolute atomic E-state index is 0.150. The van der Waals surface area contributed by atoms with Crippen LogP contribution in [0.2, 0.25) is 0 Å².